The van der Waals surface area contributed by atoms with E-state index in [1.54, 1.807) is 18.2 Å². The molecule has 162 valence electrons. The second-order valence-corrected chi connectivity index (χ2v) is 6.66. The van der Waals surface area contributed by atoms with Gasteiger partial charge in [-0.25, -0.2) is 9.37 Å². The zero-order valence-corrected chi connectivity index (χ0v) is 16.7. The lowest BCUT2D eigenvalue weighted by Gasteiger charge is -2.13. The summed E-state index contributed by atoms with van der Waals surface area (Å²) in [4.78, 5) is 8.46. The van der Waals surface area contributed by atoms with Gasteiger partial charge in [0.2, 0.25) is 11.7 Å². The molecule has 3 N–H and O–H groups in total. The highest BCUT2D eigenvalue weighted by atomic mass is 35.5. The van der Waals surface area contributed by atoms with Crippen molar-refractivity contribution in [2.45, 2.75) is 19.1 Å². The second-order valence-electron chi connectivity index (χ2n) is 6.66. The number of furan rings is 1. The van der Waals surface area contributed by atoms with E-state index >= 15 is 0 Å². The van der Waals surface area contributed by atoms with Crippen LogP contribution < -0.4 is 11.1 Å². The van der Waals surface area contributed by atoms with Crippen LogP contribution in [0.5, 0.6) is 0 Å². The molecule has 0 aliphatic heterocycles. The number of benzene rings is 2. The minimum absolute atomic E-state index is 0. The van der Waals surface area contributed by atoms with Gasteiger partial charge < -0.3 is 15.5 Å². The normalized spacial score (nSPS) is 11.4. The number of nitrogen functional groups attached to an aromatic ring is 1. The van der Waals surface area contributed by atoms with Crippen LogP contribution in [0, 0.1) is 5.82 Å². The number of alkyl halides is 3. The van der Waals surface area contributed by atoms with Crippen molar-refractivity contribution < 1.29 is 22.0 Å². The lowest BCUT2D eigenvalue weighted by atomic mass is 10.0. The fraction of sp³-hybridized carbons (Fsp3) is 0.143. The van der Waals surface area contributed by atoms with Crippen LogP contribution in [0.2, 0.25) is 0 Å². The van der Waals surface area contributed by atoms with Crippen LogP contribution in [0.4, 0.5) is 29.3 Å². The first-order chi connectivity index (χ1) is 14.3. The number of halogens is 5. The molecule has 0 bridgehead atoms. The average Bonchev–Trinajstić information content (AvgIpc) is 3.17. The highest BCUT2D eigenvalue weighted by Gasteiger charge is 2.34. The molecule has 0 aliphatic rings. The molecule has 0 fully saturated rings. The van der Waals surface area contributed by atoms with E-state index < -0.39 is 11.9 Å². The van der Waals surface area contributed by atoms with Crippen molar-refractivity contribution in [1.82, 2.24) is 9.97 Å². The van der Waals surface area contributed by atoms with Gasteiger partial charge in [0, 0.05) is 5.39 Å². The van der Waals surface area contributed by atoms with Crippen molar-refractivity contribution in [2.75, 3.05) is 11.1 Å². The fourth-order valence-corrected chi connectivity index (χ4v) is 3.17. The number of hydrogen-bond donors (Lipinski definition) is 2. The summed E-state index contributed by atoms with van der Waals surface area (Å²) in [6, 6.07) is 13.7. The molecule has 31 heavy (non-hydrogen) atoms. The summed E-state index contributed by atoms with van der Waals surface area (Å²) in [5.74, 6) is -0.890. The summed E-state index contributed by atoms with van der Waals surface area (Å²) in [6.45, 7) is -0.0213. The van der Waals surface area contributed by atoms with E-state index in [0.29, 0.717) is 23.1 Å². The van der Waals surface area contributed by atoms with Gasteiger partial charge in [-0.2, -0.15) is 18.2 Å². The number of anilines is 2. The van der Waals surface area contributed by atoms with E-state index in [4.69, 9.17) is 10.2 Å². The summed E-state index contributed by atoms with van der Waals surface area (Å²) in [7, 11) is 0. The minimum atomic E-state index is -4.55. The molecule has 2 aromatic carbocycles. The number of hydrogen-bond acceptors (Lipinski definition) is 5. The van der Waals surface area contributed by atoms with Crippen molar-refractivity contribution in [2.24, 2.45) is 0 Å². The minimum Gasteiger partial charge on any atom is -0.455 e. The fourth-order valence-electron chi connectivity index (χ4n) is 3.17. The van der Waals surface area contributed by atoms with Crippen molar-refractivity contribution in [3.63, 3.8) is 0 Å². The molecular formula is C21H17ClF4N4O. The van der Waals surface area contributed by atoms with Gasteiger partial charge in [0.05, 0.1) is 12.1 Å². The van der Waals surface area contributed by atoms with Crippen molar-refractivity contribution >= 4 is 35.1 Å². The lowest BCUT2D eigenvalue weighted by molar-refractivity contribution is -0.153. The standard InChI is InChI=1S/C21H16F4N4O.ClH/c22-14-6-4-12(5-7-14)10-13-2-1-3-16-18(13)19(29-20(26)28-16)27-11-15-8-9-17(30-15)21(23,24)25;/h1-9H,10-11H2,(H3,26,27,28,29);1H. The third-order valence-corrected chi connectivity index (χ3v) is 4.51. The van der Waals surface area contributed by atoms with Crippen LogP contribution in [-0.2, 0) is 19.1 Å². The number of fused-ring (bicyclic) bond motifs is 1. The van der Waals surface area contributed by atoms with Crippen LogP contribution in [-0.4, -0.2) is 9.97 Å². The number of rotatable bonds is 5. The number of nitrogens with zero attached hydrogens (tertiary/aromatic N) is 2. The number of nitrogens with two attached hydrogens (primary N) is 1. The van der Waals surface area contributed by atoms with Gasteiger partial charge >= 0.3 is 6.18 Å². The molecule has 0 unspecified atom stereocenters. The van der Waals surface area contributed by atoms with Gasteiger partial charge in [0.15, 0.2) is 0 Å². The third-order valence-electron chi connectivity index (χ3n) is 4.51. The van der Waals surface area contributed by atoms with E-state index in [1.165, 1.54) is 18.2 Å². The first-order valence-electron chi connectivity index (χ1n) is 8.99. The van der Waals surface area contributed by atoms with E-state index in [0.717, 1.165) is 17.2 Å². The van der Waals surface area contributed by atoms with Crippen LogP contribution in [0.15, 0.2) is 59.0 Å². The van der Waals surface area contributed by atoms with Crippen LogP contribution in [0.3, 0.4) is 0 Å². The Morgan fingerprint density at radius 3 is 2.39 bits per heavy atom. The SMILES string of the molecule is Cl.Nc1nc(NCc2ccc(C(F)(F)F)o2)c2c(Cc3ccc(F)cc3)cccc2n1. The van der Waals surface area contributed by atoms with Gasteiger partial charge in [-0.3, -0.25) is 0 Å². The summed E-state index contributed by atoms with van der Waals surface area (Å²) >= 11 is 0. The predicted molar refractivity (Wildman–Crippen MR) is 111 cm³/mol. The molecule has 0 saturated carbocycles. The van der Waals surface area contributed by atoms with Gasteiger partial charge in [-0.15, -0.1) is 12.4 Å². The third kappa shape index (κ3) is 5.05. The maximum absolute atomic E-state index is 13.2. The summed E-state index contributed by atoms with van der Waals surface area (Å²) in [5.41, 5.74) is 8.12. The van der Waals surface area contributed by atoms with Crippen LogP contribution >= 0.6 is 12.4 Å². The molecule has 0 amide bonds. The highest BCUT2D eigenvalue weighted by Crippen LogP contribution is 2.31. The summed E-state index contributed by atoms with van der Waals surface area (Å²) in [5, 5.41) is 3.67. The Labute approximate surface area is 180 Å². The van der Waals surface area contributed by atoms with E-state index in [1.807, 2.05) is 12.1 Å². The Balaban J connectivity index is 0.00000272. The Hall–Kier alpha value is -3.33. The van der Waals surface area contributed by atoms with E-state index in [9.17, 15) is 17.6 Å². The van der Waals surface area contributed by atoms with Crippen LogP contribution in [0.25, 0.3) is 10.9 Å². The molecule has 10 heteroatoms. The second kappa shape index (κ2) is 8.81. The summed E-state index contributed by atoms with van der Waals surface area (Å²) in [6.07, 6.45) is -4.06. The van der Waals surface area contributed by atoms with Crippen molar-refractivity contribution in [1.29, 1.82) is 0 Å². The summed E-state index contributed by atoms with van der Waals surface area (Å²) < 4.78 is 56.3. The quantitative estimate of drug-likeness (QED) is 0.386. The maximum Gasteiger partial charge on any atom is 0.449 e. The van der Waals surface area contributed by atoms with E-state index in [-0.39, 0.29) is 36.5 Å². The monoisotopic (exact) mass is 452 g/mol. The molecule has 0 radical (unpaired) electrons. The van der Waals surface area contributed by atoms with Crippen LogP contribution in [0.1, 0.15) is 22.6 Å². The van der Waals surface area contributed by atoms with Crippen molar-refractivity contribution in [3.8, 4) is 0 Å². The van der Waals surface area contributed by atoms with Gasteiger partial charge in [0.25, 0.3) is 0 Å². The molecule has 5 nitrogen and oxygen atoms in total. The molecule has 4 rings (SSSR count). The molecule has 0 atom stereocenters. The zero-order chi connectivity index (χ0) is 21.3. The molecule has 2 heterocycles. The Morgan fingerprint density at radius 2 is 1.71 bits per heavy atom. The first-order valence-corrected chi connectivity index (χ1v) is 8.99. The molecule has 0 saturated heterocycles. The predicted octanol–water partition coefficient (Wildman–Crippen LogP) is 5.59. The smallest absolute Gasteiger partial charge is 0.449 e. The van der Waals surface area contributed by atoms with Gasteiger partial charge in [-0.05, 0) is 47.9 Å². The Kier molecular flexibility index (Phi) is 6.35. The van der Waals surface area contributed by atoms with Gasteiger partial charge in [-0.1, -0.05) is 24.3 Å². The molecule has 2 aromatic heterocycles. The number of aromatic nitrogens is 2. The Bertz CT molecular complexity index is 1190. The maximum atomic E-state index is 13.2. The Morgan fingerprint density at radius 1 is 0.968 bits per heavy atom. The first kappa shape index (κ1) is 22.4. The van der Waals surface area contributed by atoms with Crippen molar-refractivity contribution in [3.05, 3.63) is 83.1 Å². The molecular weight excluding hydrogens is 436 g/mol. The average molecular weight is 453 g/mol. The largest absolute Gasteiger partial charge is 0.455 e. The highest BCUT2D eigenvalue weighted by molar-refractivity contribution is 5.93. The number of nitrogens with one attached hydrogen (secondary N) is 1. The molecule has 0 spiro atoms. The lowest BCUT2D eigenvalue weighted by Crippen LogP contribution is -2.07. The van der Waals surface area contributed by atoms with Gasteiger partial charge in [0.1, 0.15) is 17.4 Å². The topological polar surface area (TPSA) is 77.0 Å². The molecule has 0 aliphatic carbocycles. The van der Waals surface area contributed by atoms with E-state index in [2.05, 4.69) is 15.3 Å². The molecule has 4 aromatic rings. The zero-order valence-electron chi connectivity index (χ0n) is 15.9.